The summed E-state index contributed by atoms with van der Waals surface area (Å²) in [5.74, 6) is 0.124. The van der Waals surface area contributed by atoms with Crippen LogP contribution < -0.4 is 15.0 Å². The minimum atomic E-state index is -0.215. The Bertz CT molecular complexity index is 1210. The Kier molecular flexibility index (Phi) is 7.44. The average molecular weight is 495 g/mol. The summed E-state index contributed by atoms with van der Waals surface area (Å²) < 4.78 is 6.08. The highest BCUT2D eigenvalue weighted by Gasteiger charge is 2.33. The molecule has 2 amide bonds. The van der Waals surface area contributed by atoms with E-state index in [1.807, 2.05) is 42.5 Å². The van der Waals surface area contributed by atoms with Gasteiger partial charge in [0.05, 0.1) is 10.6 Å². The molecule has 3 aromatic carbocycles. The summed E-state index contributed by atoms with van der Waals surface area (Å²) >= 11 is 12.6. The van der Waals surface area contributed by atoms with Crippen molar-refractivity contribution in [3.63, 3.8) is 0 Å². The van der Waals surface area contributed by atoms with E-state index in [9.17, 15) is 9.59 Å². The van der Waals surface area contributed by atoms with Gasteiger partial charge in [-0.3, -0.25) is 14.5 Å². The zero-order valence-electron chi connectivity index (χ0n) is 17.4. The number of carbonyl (C=O) groups is 2. The molecule has 1 N–H and O–H groups in total. The predicted molar refractivity (Wildman–Crippen MR) is 137 cm³/mol. The van der Waals surface area contributed by atoms with Crippen molar-refractivity contribution in [2.24, 2.45) is 0 Å². The third kappa shape index (κ3) is 6.01. The second kappa shape index (κ2) is 10.7. The molecule has 0 saturated carbocycles. The second-order valence-corrected chi connectivity index (χ2v) is 9.23. The number of benzene rings is 3. The van der Waals surface area contributed by atoms with Gasteiger partial charge in [-0.05, 0) is 53.6 Å². The summed E-state index contributed by atoms with van der Waals surface area (Å²) in [5.41, 5.74) is 2.46. The number of hydrogen-bond acceptors (Lipinski definition) is 5. The van der Waals surface area contributed by atoms with Gasteiger partial charge in [-0.1, -0.05) is 78.0 Å². The topological polar surface area (TPSA) is 58.6 Å². The number of amides is 2. The fourth-order valence-corrected chi connectivity index (χ4v) is 4.55. The number of nitrogens with zero attached hydrogens (tertiary/aromatic N) is 1. The predicted octanol–water partition coefficient (Wildman–Crippen LogP) is 5.44. The zero-order chi connectivity index (χ0) is 23.2. The lowest BCUT2D eigenvalue weighted by Crippen LogP contribution is -2.28. The van der Waals surface area contributed by atoms with E-state index in [1.54, 1.807) is 42.5 Å². The number of halogens is 1. The van der Waals surface area contributed by atoms with Crippen LogP contribution in [0.4, 0.5) is 5.69 Å². The average Bonchev–Trinajstić information content (AvgIpc) is 3.10. The van der Waals surface area contributed by atoms with E-state index in [0.717, 1.165) is 11.1 Å². The maximum Gasteiger partial charge on any atom is 0.270 e. The van der Waals surface area contributed by atoms with Crippen LogP contribution in [0.1, 0.15) is 11.1 Å². The summed E-state index contributed by atoms with van der Waals surface area (Å²) in [4.78, 5) is 27.0. The van der Waals surface area contributed by atoms with Gasteiger partial charge in [0.1, 0.15) is 5.75 Å². The van der Waals surface area contributed by atoms with E-state index in [2.05, 4.69) is 5.32 Å². The maximum absolute atomic E-state index is 12.9. The molecule has 0 aliphatic carbocycles. The lowest BCUT2D eigenvalue weighted by Gasteiger charge is -2.14. The number of thiocarbonyl (C=S) groups is 1. The summed E-state index contributed by atoms with van der Waals surface area (Å²) in [6, 6.07) is 23.8. The van der Waals surface area contributed by atoms with Gasteiger partial charge in [0.15, 0.2) is 10.9 Å². The van der Waals surface area contributed by atoms with Gasteiger partial charge in [-0.2, -0.15) is 0 Å². The third-order valence-corrected chi connectivity index (χ3v) is 6.29. The first-order valence-corrected chi connectivity index (χ1v) is 11.7. The van der Waals surface area contributed by atoms with E-state index in [-0.39, 0.29) is 18.4 Å². The minimum Gasteiger partial charge on any atom is -0.484 e. The minimum absolute atomic E-state index is 0.102. The molecule has 1 fully saturated rings. The molecule has 0 spiro atoms. The largest absolute Gasteiger partial charge is 0.484 e. The molecule has 1 saturated heterocycles. The third-order valence-electron chi connectivity index (χ3n) is 4.74. The lowest BCUT2D eigenvalue weighted by atomic mass is 10.2. The van der Waals surface area contributed by atoms with Crippen LogP contribution in [-0.2, 0) is 16.1 Å². The molecule has 8 heteroatoms. The van der Waals surface area contributed by atoms with Crippen LogP contribution >= 0.6 is 35.6 Å². The van der Waals surface area contributed by atoms with E-state index < -0.39 is 0 Å². The van der Waals surface area contributed by atoms with Crippen molar-refractivity contribution >= 4 is 63.5 Å². The monoisotopic (exact) mass is 494 g/mol. The van der Waals surface area contributed by atoms with Crippen molar-refractivity contribution in [3.05, 3.63) is 99.9 Å². The van der Waals surface area contributed by atoms with Gasteiger partial charge in [-0.25, -0.2) is 0 Å². The molecule has 33 heavy (non-hydrogen) atoms. The van der Waals surface area contributed by atoms with Crippen molar-refractivity contribution in [2.75, 3.05) is 11.5 Å². The van der Waals surface area contributed by atoms with Crippen LogP contribution in [0, 0.1) is 0 Å². The van der Waals surface area contributed by atoms with Gasteiger partial charge < -0.3 is 10.1 Å². The van der Waals surface area contributed by atoms with Gasteiger partial charge >= 0.3 is 0 Å². The summed E-state index contributed by atoms with van der Waals surface area (Å²) in [6.45, 7) is 0.341. The quantitative estimate of drug-likeness (QED) is 0.350. The van der Waals surface area contributed by atoms with Crippen LogP contribution in [-0.4, -0.2) is 22.7 Å². The van der Waals surface area contributed by atoms with Gasteiger partial charge in [0.2, 0.25) is 0 Å². The molecule has 0 radical (unpaired) electrons. The van der Waals surface area contributed by atoms with Crippen molar-refractivity contribution in [3.8, 4) is 5.75 Å². The Morgan fingerprint density at radius 3 is 2.58 bits per heavy atom. The van der Waals surface area contributed by atoms with Crippen LogP contribution in [0.5, 0.6) is 5.75 Å². The highest BCUT2D eigenvalue weighted by Crippen LogP contribution is 2.36. The van der Waals surface area contributed by atoms with E-state index in [1.165, 1.54) is 16.7 Å². The molecule has 0 aromatic heterocycles. The number of rotatable bonds is 7. The Morgan fingerprint density at radius 1 is 1.06 bits per heavy atom. The molecular formula is C25H19ClN2O3S2. The number of carbonyl (C=O) groups excluding carboxylic acids is 2. The Labute approximate surface area is 206 Å². The highest BCUT2D eigenvalue weighted by atomic mass is 35.5. The van der Waals surface area contributed by atoms with Crippen molar-refractivity contribution in [2.45, 2.75) is 6.54 Å². The standard InChI is InChI=1S/C25H19ClN2O3S2/c26-19-9-11-20(12-10-19)28-24(30)22(33-25(28)32)14-18-7-4-8-21(13-18)31-16-23(29)27-15-17-5-2-1-3-6-17/h1-14H,15-16H2,(H,27,29)/b22-14-. The normalized spacial score (nSPS) is 14.6. The van der Waals surface area contributed by atoms with Crippen LogP contribution in [0.3, 0.4) is 0 Å². The summed E-state index contributed by atoms with van der Waals surface area (Å²) in [6.07, 6.45) is 1.76. The second-order valence-electron chi connectivity index (χ2n) is 7.12. The fraction of sp³-hybridized carbons (Fsp3) is 0.0800. The van der Waals surface area contributed by atoms with Crippen molar-refractivity contribution in [1.82, 2.24) is 5.32 Å². The molecule has 1 aliphatic heterocycles. The molecule has 4 rings (SSSR count). The molecule has 166 valence electrons. The zero-order valence-corrected chi connectivity index (χ0v) is 19.8. The van der Waals surface area contributed by atoms with Crippen LogP contribution in [0.15, 0.2) is 83.8 Å². The molecule has 0 bridgehead atoms. The summed E-state index contributed by atoms with van der Waals surface area (Å²) in [7, 11) is 0. The Morgan fingerprint density at radius 2 is 1.82 bits per heavy atom. The van der Waals surface area contributed by atoms with E-state index in [0.29, 0.717) is 32.2 Å². The maximum atomic E-state index is 12.9. The van der Waals surface area contributed by atoms with Gasteiger partial charge in [-0.15, -0.1) is 0 Å². The number of nitrogens with one attached hydrogen (secondary N) is 1. The summed E-state index contributed by atoms with van der Waals surface area (Å²) in [5, 5.41) is 3.41. The van der Waals surface area contributed by atoms with Crippen molar-refractivity contribution < 1.29 is 14.3 Å². The number of ether oxygens (including phenoxy) is 1. The SMILES string of the molecule is O=C(COc1cccc(/C=C2\SC(=S)N(c3ccc(Cl)cc3)C2=O)c1)NCc1ccccc1. The first-order chi connectivity index (χ1) is 16.0. The first kappa shape index (κ1) is 23.0. The number of hydrogen-bond donors (Lipinski definition) is 1. The Hall–Kier alpha value is -3.13. The molecule has 0 atom stereocenters. The molecule has 5 nitrogen and oxygen atoms in total. The van der Waals surface area contributed by atoms with Crippen LogP contribution in [0.25, 0.3) is 6.08 Å². The molecule has 3 aromatic rings. The lowest BCUT2D eigenvalue weighted by molar-refractivity contribution is -0.123. The van der Waals surface area contributed by atoms with E-state index in [4.69, 9.17) is 28.6 Å². The van der Waals surface area contributed by atoms with Crippen molar-refractivity contribution in [1.29, 1.82) is 0 Å². The molecular weight excluding hydrogens is 476 g/mol. The van der Waals surface area contributed by atoms with E-state index >= 15 is 0 Å². The molecule has 1 aliphatic rings. The number of anilines is 1. The van der Waals surface area contributed by atoms with Crippen LogP contribution in [0.2, 0.25) is 5.02 Å². The van der Waals surface area contributed by atoms with Gasteiger partial charge in [0, 0.05) is 11.6 Å². The Balaban J connectivity index is 1.38. The molecule has 0 unspecified atom stereocenters. The number of thioether (sulfide) groups is 1. The first-order valence-electron chi connectivity index (χ1n) is 10.1. The smallest absolute Gasteiger partial charge is 0.270 e. The highest BCUT2D eigenvalue weighted by molar-refractivity contribution is 8.27. The molecule has 1 heterocycles. The van der Waals surface area contributed by atoms with Gasteiger partial charge in [0.25, 0.3) is 11.8 Å². The fourth-order valence-electron chi connectivity index (χ4n) is 3.12.